The number of carbonyl (C=O) groups excluding carboxylic acids is 2. The van der Waals surface area contributed by atoms with Crippen molar-refractivity contribution < 1.29 is 9.59 Å². The van der Waals surface area contributed by atoms with Crippen molar-refractivity contribution in [2.24, 2.45) is 5.41 Å². The van der Waals surface area contributed by atoms with E-state index in [4.69, 9.17) is 0 Å². The molecule has 0 atom stereocenters. The molecule has 2 fully saturated rings. The fourth-order valence-electron chi connectivity index (χ4n) is 2.99. The third-order valence-corrected chi connectivity index (χ3v) is 3.94. The number of likely N-dealkylation sites (tertiary alicyclic amines) is 1. The first-order chi connectivity index (χ1) is 8.05. The van der Waals surface area contributed by atoms with Gasteiger partial charge in [-0.05, 0) is 12.8 Å². The van der Waals surface area contributed by atoms with E-state index in [1.54, 1.807) is 0 Å². The van der Waals surface area contributed by atoms with Gasteiger partial charge in [0.2, 0.25) is 11.8 Å². The minimum atomic E-state index is -0.311. The van der Waals surface area contributed by atoms with E-state index in [0.717, 1.165) is 25.7 Å². The number of carbonyl (C=O) groups is 2. The van der Waals surface area contributed by atoms with Crippen LogP contribution in [0.3, 0.4) is 0 Å². The molecule has 1 spiro atoms. The van der Waals surface area contributed by atoms with Gasteiger partial charge in [0.05, 0.1) is 5.41 Å². The summed E-state index contributed by atoms with van der Waals surface area (Å²) in [6.45, 7) is 5.35. The Morgan fingerprint density at radius 2 is 1.94 bits per heavy atom. The molecule has 0 radical (unpaired) electrons. The van der Waals surface area contributed by atoms with Gasteiger partial charge >= 0.3 is 0 Å². The highest BCUT2D eigenvalue weighted by Gasteiger charge is 2.52. The molecule has 17 heavy (non-hydrogen) atoms. The average Bonchev–Trinajstić information content (AvgIpc) is 2.80. The van der Waals surface area contributed by atoms with Crippen LogP contribution in [0, 0.1) is 5.41 Å². The number of nitrogens with one attached hydrogen (secondary N) is 1. The normalized spacial score (nSPS) is 23.4. The Morgan fingerprint density at radius 1 is 1.29 bits per heavy atom. The van der Waals surface area contributed by atoms with Crippen LogP contribution in [0.25, 0.3) is 0 Å². The van der Waals surface area contributed by atoms with Crippen LogP contribution in [-0.2, 0) is 9.59 Å². The van der Waals surface area contributed by atoms with Crippen LogP contribution < -0.4 is 5.32 Å². The molecule has 1 aliphatic heterocycles. The van der Waals surface area contributed by atoms with Gasteiger partial charge < -0.3 is 5.32 Å². The molecule has 1 saturated carbocycles. The van der Waals surface area contributed by atoms with Crippen LogP contribution in [0.2, 0.25) is 0 Å². The summed E-state index contributed by atoms with van der Waals surface area (Å²) >= 11 is 0. The zero-order valence-electron chi connectivity index (χ0n) is 10.8. The molecule has 0 unspecified atom stereocenters. The molecular weight excluding hydrogens is 216 g/mol. The van der Waals surface area contributed by atoms with Gasteiger partial charge in [-0.3, -0.25) is 14.5 Å². The zero-order chi connectivity index (χ0) is 12.5. The van der Waals surface area contributed by atoms with E-state index in [2.05, 4.69) is 19.2 Å². The molecule has 96 valence electrons. The standard InChI is InChI=1S/C13H22N2O2/c1-10(2)14-7-8-15-11(16)9-13(12(15)17)5-3-4-6-13/h10,14H,3-9H2,1-2H3. The Labute approximate surface area is 103 Å². The summed E-state index contributed by atoms with van der Waals surface area (Å²) < 4.78 is 0. The summed E-state index contributed by atoms with van der Waals surface area (Å²) in [6.07, 6.45) is 4.46. The van der Waals surface area contributed by atoms with Crippen LogP contribution in [-0.4, -0.2) is 35.8 Å². The van der Waals surface area contributed by atoms with E-state index in [1.165, 1.54) is 4.90 Å². The topological polar surface area (TPSA) is 49.4 Å². The van der Waals surface area contributed by atoms with Crippen molar-refractivity contribution >= 4 is 11.8 Å². The van der Waals surface area contributed by atoms with E-state index in [0.29, 0.717) is 25.6 Å². The highest BCUT2D eigenvalue weighted by atomic mass is 16.2. The lowest BCUT2D eigenvalue weighted by Gasteiger charge is -2.21. The fraction of sp³-hybridized carbons (Fsp3) is 0.846. The van der Waals surface area contributed by atoms with Crippen LogP contribution in [0.1, 0.15) is 46.0 Å². The van der Waals surface area contributed by atoms with E-state index in [9.17, 15) is 9.59 Å². The molecule has 0 aromatic rings. The first-order valence-electron chi connectivity index (χ1n) is 6.63. The monoisotopic (exact) mass is 238 g/mol. The van der Waals surface area contributed by atoms with Crippen LogP contribution in [0.15, 0.2) is 0 Å². The molecule has 2 amide bonds. The van der Waals surface area contributed by atoms with Gasteiger partial charge in [0.25, 0.3) is 0 Å². The summed E-state index contributed by atoms with van der Waals surface area (Å²) in [7, 11) is 0. The number of hydrogen-bond donors (Lipinski definition) is 1. The van der Waals surface area contributed by atoms with Crippen molar-refractivity contribution in [3.8, 4) is 0 Å². The molecule has 0 aromatic carbocycles. The van der Waals surface area contributed by atoms with Crippen molar-refractivity contribution in [1.29, 1.82) is 0 Å². The van der Waals surface area contributed by atoms with E-state index < -0.39 is 0 Å². The third-order valence-electron chi connectivity index (χ3n) is 3.94. The van der Waals surface area contributed by atoms with Crippen LogP contribution in [0.4, 0.5) is 0 Å². The smallest absolute Gasteiger partial charge is 0.235 e. The van der Waals surface area contributed by atoms with Gasteiger partial charge in [0, 0.05) is 25.6 Å². The number of amides is 2. The quantitative estimate of drug-likeness (QED) is 0.751. The van der Waals surface area contributed by atoms with Gasteiger partial charge in [-0.25, -0.2) is 0 Å². The minimum Gasteiger partial charge on any atom is -0.313 e. The van der Waals surface area contributed by atoms with Gasteiger partial charge in [-0.15, -0.1) is 0 Å². The van der Waals surface area contributed by atoms with Crippen molar-refractivity contribution in [1.82, 2.24) is 10.2 Å². The Balaban J connectivity index is 1.94. The second kappa shape index (κ2) is 4.77. The van der Waals surface area contributed by atoms with Crippen molar-refractivity contribution in [3.05, 3.63) is 0 Å². The minimum absolute atomic E-state index is 0.0301. The highest BCUT2D eigenvalue weighted by molar-refractivity contribution is 6.06. The van der Waals surface area contributed by atoms with Gasteiger partial charge in [-0.2, -0.15) is 0 Å². The molecule has 1 saturated heterocycles. The predicted octanol–water partition coefficient (Wildman–Crippen LogP) is 1.30. The Hall–Kier alpha value is -0.900. The number of nitrogens with zero attached hydrogens (tertiary/aromatic N) is 1. The maximum atomic E-state index is 12.3. The SMILES string of the molecule is CC(C)NCCN1C(=O)CC2(CCCC2)C1=O. The molecule has 4 nitrogen and oxygen atoms in total. The second-order valence-corrected chi connectivity index (χ2v) is 5.62. The average molecular weight is 238 g/mol. The molecule has 4 heteroatoms. The summed E-state index contributed by atoms with van der Waals surface area (Å²) in [5.41, 5.74) is -0.311. The molecule has 1 N–H and O–H groups in total. The first kappa shape index (κ1) is 12.6. The Morgan fingerprint density at radius 3 is 2.53 bits per heavy atom. The maximum absolute atomic E-state index is 12.3. The van der Waals surface area contributed by atoms with Crippen molar-refractivity contribution in [2.45, 2.75) is 52.0 Å². The molecule has 0 aromatic heterocycles. The number of imide groups is 1. The Kier molecular flexibility index (Phi) is 3.52. The van der Waals surface area contributed by atoms with Crippen molar-refractivity contribution in [2.75, 3.05) is 13.1 Å². The molecular formula is C13H22N2O2. The lowest BCUT2D eigenvalue weighted by molar-refractivity contribution is -0.141. The maximum Gasteiger partial charge on any atom is 0.235 e. The summed E-state index contributed by atoms with van der Waals surface area (Å²) in [4.78, 5) is 25.7. The fourth-order valence-corrected chi connectivity index (χ4v) is 2.99. The van der Waals surface area contributed by atoms with E-state index in [-0.39, 0.29) is 17.2 Å². The zero-order valence-corrected chi connectivity index (χ0v) is 10.8. The van der Waals surface area contributed by atoms with Crippen LogP contribution >= 0.6 is 0 Å². The summed E-state index contributed by atoms with van der Waals surface area (Å²) in [6, 6.07) is 0.392. The van der Waals surface area contributed by atoms with Gasteiger partial charge in [0.1, 0.15) is 0 Å². The molecule has 2 rings (SSSR count). The van der Waals surface area contributed by atoms with E-state index >= 15 is 0 Å². The lowest BCUT2D eigenvalue weighted by atomic mass is 9.84. The Bertz CT molecular complexity index is 319. The third kappa shape index (κ3) is 2.37. The summed E-state index contributed by atoms with van der Waals surface area (Å²) in [5.74, 6) is 0.119. The van der Waals surface area contributed by atoms with Crippen LogP contribution in [0.5, 0.6) is 0 Å². The van der Waals surface area contributed by atoms with Gasteiger partial charge in [0.15, 0.2) is 0 Å². The number of hydrogen-bond acceptors (Lipinski definition) is 3. The van der Waals surface area contributed by atoms with Gasteiger partial charge in [-0.1, -0.05) is 26.7 Å². The second-order valence-electron chi connectivity index (χ2n) is 5.62. The molecule has 0 bridgehead atoms. The number of rotatable bonds is 4. The lowest BCUT2D eigenvalue weighted by Crippen LogP contribution is -2.40. The largest absolute Gasteiger partial charge is 0.313 e. The highest BCUT2D eigenvalue weighted by Crippen LogP contribution is 2.46. The molecule has 2 aliphatic rings. The first-order valence-corrected chi connectivity index (χ1v) is 6.63. The molecule has 1 heterocycles. The summed E-state index contributed by atoms with van der Waals surface area (Å²) in [5, 5.41) is 3.25. The van der Waals surface area contributed by atoms with E-state index in [1.807, 2.05) is 0 Å². The molecule has 1 aliphatic carbocycles. The van der Waals surface area contributed by atoms with Crippen molar-refractivity contribution in [3.63, 3.8) is 0 Å². The predicted molar refractivity (Wildman–Crippen MR) is 65.4 cm³/mol.